The average Bonchev–Trinajstić information content (AvgIpc) is 2.92. The first-order valence-electron chi connectivity index (χ1n) is 8.17. The predicted octanol–water partition coefficient (Wildman–Crippen LogP) is 2.86. The van der Waals surface area contributed by atoms with E-state index in [2.05, 4.69) is 10.3 Å². The second-order valence-corrected chi connectivity index (χ2v) is 7.44. The standard InChI is InChI=1S/C17H24N2O2/c1-21-16(20)15-3-2-14(19-15)10-18-17-7-11-4-12(8-17)6-13(5-11)9-17/h2-3,11-13,18-19H,4-10H2,1H3. The molecule has 4 heteroatoms. The lowest BCUT2D eigenvalue weighted by Gasteiger charge is -2.57. The van der Waals surface area contributed by atoms with Crippen molar-refractivity contribution in [3.63, 3.8) is 0 Å². The van der Waals surface area contributed by atoms with Crippen molar-refractivity contribution in [3.8, 4) is 0 Å². The first-order valence-corrected chi connectivity index (χ1v) is 8.17. The predicted molar refractivity (Wildman–Crippen MR) is 79.9 cm³/mol. The number of aromatic nitrogens is 1. The van der Waals surface area contributed by atoms with Gasteiger partial charge in [0.1, 0.15) is 5.69 Å². The Hall–Kier alpha value is -1.29. The number of aromatic amines is 1. The number of nitrogens with one attached hydrogen (secondary N) is 2. The molecule has 4 aliphatic carbocycles. The summed E-state index contributed by atoms with van der Waals surface area (Å²) in [5.41, 5.74) is 1.98. The van der Waals surface area contributed by atoms with Gasteiger partial charge in [-0.2, -0.15) is 0 Å². The Kier molecular flexibility index (Phi) is 3.10. The molecule has 114 valence electrons. The van der Waals surface area contributed by atoms with Gasteiger partial charge in [0, 0.05) is 17.8 Å². The van der Waals surface area contributed by atoms with E-state index in [9.17, 15) is 4.79 Å². The molecule has 4 bridgehead atoms. The molecule has 5 rings (SSSR count). The van der Waals surface area contributed by atoms with Gasteiger partial charge >= 0.3 is 5.97 Å². The Morgan fingerprint density at radius 1 is 1.24 bits per heavy atom. The quantitative estimate of drug-likeness (QED) is 0.838. The van der Waals surface area contributed by atoms with Crippen LogP contribution in [-0.4, -0.2) is 23.6 Å². The summed E-state index contributed by atoms with van der Waals surface area (Å²) >= 11 is 0. The van der Waals surface area contributed by atoms with Crippen LogP contribution in [0.2, 0.25) is 0 Å². The van der Waals surface area contributed by atoms with Crippen molar-refractivity contribution in [1.29, 1.82) is 0 Å². The van der Waals surface area contributed by atoms with Gasteiger partial charge in [-0.3, -0.25) is 0 Å². The lowest BCUT2D eigenvalue weighted by Crippen LogP contribution is -2.58. The van der Waals surface area contributed by atoms with Crippen LogP contribution >= 0.6 is 0 Å². The minimum absolute atomic E-state index is 0.295. The second kappa shape index (κ2) is 4.87. The molecule has 0 radical (unpaired) electrons. The summed E-state index contributed by atoms with van der Waals surface area (Å²) in [6.45, 7) is 0.823. The third-order valence-electron chi connectivity index (χ3n) is 5.84. The maximum absolute atomic E-state index is 11.5. The molecule has 0 atom stereocenters. The molecule has 4 aliphatic rings. The number of ether oxygens (including phenoxy) is 1. The molecule has 4 fully saturated rings. The molecule has 4 saturated carbocycles. The van der Waals surface area contributed by atoms with Crippen molar-refractivity contribution in [1.82, 2.24) is 10.3 Å². The maximum atomic E-state index is 11.5. The van der Waals surface area contributed by atoms with Crippen molar-refractivity contribution in [3.05, 3.63) is 23.5 Å². The van der Waals surface area contributed by atoms with Crippen LogP contribution in [0, 0.1) is 17.8 Å². The van der Waals surface area contributed by atoms with E-state index in [1.165, 1.54) is 45.6 Å². The number of H-pyrrole nitrogens is 1. The fourth-order valence-corrected chi connectivity index (χ4v) is 5.38. The van der Waals surface area contributed by atoms with E-state index >= 15 is 0 Å². The average molecular weight is 288 g/mol. The number of carbonyl (C=O) groups is 1. The smallest absolute Gasteiger partial charge is 0.354 e. The molecule has 2 N–H and O–H groups in total. The number of carbonyl (C=O) groups excluding carboxylic acids is 1. The Balaban J connectivity index is 1.42. The Morgan fingerprint density at radius 3 is 2.43 bits per heavy atom. The highest BCUT2D eigenvalue weighted by atomic mass is 16.5. The van der Waals surface area contributed by atoms with E-state index in [1.54, 1.807) is 0 Å². The summed E-state index contributed by atoms with van der Waals surface area (Å²) < 4.78 is 4.74. The minimum Gasteiger partial charge on any atom is -0.464 e. The number of hydrogen-bond donors (Lipinski definition) is 2. The van der Waals surface area contributed by atoms with Gasteiger partial charge in [0.05, 0.1) is 7.11 Å². The fourth-order valence-electron chi connectivity index (χ4n) is 5.38. The molecular weight excluding hydrogens is 264 g/mol. The zero-order chi connectivity index (χ0) is 14.4. The van der Waals surface area contributed by atoms with Crippen LogP contribution < -0.4 is 5.32 Å². The van der Waals surface area contributed by atoms with E-state index in [0.717, 1.165) is 30.0 Å². The van der Waals surface area contributed by atoms with Crippen molar-refractivity contribution >= 4 is 5.97 Å². The monoisotopic (exact) mass is 288 g/mol. The van der Waals surface area contributed by atoms with E-state index in [1.807, 2.05) is 12.1 Å². The van der Waals surface area contributed by atoms with E-state index in [4.69, 9.17) is 4.74 Å². The molecule has 21 heavy (non-hydrogen) atoms. The van der Waals surface area contributed by atoms with Crippen molar-refractivity contribution < 1.29 is 9.53 Å². The molecule has 0 aromatic carbocycles. The van der Waals surface area contributed by atoms with Crippen molar-refractivity contribution in [2.45, 2.75) is 50.6 Å². The number of methoxy groups -OCH3 is 1. The summed E-state index contributed by atoms with van der Waals surface area (Å²) in [5, 5.41) is 3.83. The fraction of sp³-hybridized carbons (Fsp3) is 0.706. The first-order chi connectivity index (χ1) is 10.2. The van der Waals surface area contributed by atoms with Crippen molar-refractivity contribution in [2.24, 2.45) is 17.8 Å². The lowest BCUT2D eigenvalue weighted by molar-refractivity contribution is -0.0207. The van der Waals surface area contributed by atoms with Gasteiger partial charge < -0.3 is 15.0 Å². The SMILES string of the molecule is COC(=O)c1ccc(CNC23CC4CC(CC(C4)C2)C3)[nH]1. The highest BCUT2D eigenvalue weighted by Gasteiger charge is 2.50. The normalized spacial score (nSPS) is 36.9. The first kappa shape index (κ1) is 13.4. The van der Waals surface area contributed by atoms with Crippen molar-refractivity contribution in [2.75, 3.05) is 7.11 Å². The zero-order valence-electron chi connectivity index (χ0n) is 12.7. The topological polar surface area (TPSA) is 54.1 Å². The van der Waals surface area contributed by atoms with E-state index in [-0.39, 0.29) is 5.97 Å². The summed E-state index contributed by atoms with van der Waals surface area (Å²) in [5.74, 6) is 2.57. The van der Waals surface area contributed by atoms with Gasteiger partial charge in [-0.1, -0.05) is 0 Å². The van der Waals surface area contributed by atoms with Crippen LogP contribution in [0.1, 0.15) is 54.7 Å². The second-order valence-electron chi connectivity index (χ2n) is 7.44. The number of esters is 1. The highest BCUT2D eigenvalue weighted by Crippen LogP contribution is 2.55. The maximum Gasteiger partial charge on any atom is 0.354 e. The minimum atomic E-state index is -0.295. The zero-order valence-corrected chi connectivity index (χ0v) is 12.7. The largest absolute Gasteiger partial charge is 0.464 e. The molecule has 0 aliphatic heterocycles. The van der Waals surface area contributed by atoms with E-state index < -0.39 is 0 Å². The Morgan fingerprint density at radius 2 is 1.86 bits per heavy atom. The van der Waals surface area contributed by atoms with Crippen LogP contribution in [-0.2, 0) is 11.3 Å². The van der Waals surface area contributed by atoms with Gasteiger partial charge in [-0.15, -0.1) is 0 Å². The molecule has 0 spiro atoms. The number of rotatable bonds is 4. The van der Waals surface area contributed by atoms with Gasteiger partial charge in [0.25, 0.3) is 0 Å². The van der Waals surface area contributed by atoms with Gasteiger partial charge in [-0.05, 0) is 68.4 Å². The summed E-state index contributed by atoms with van der Waals surface area (Å²) in [6, 6.07) is 3.79. The summed E-state index contributed by atoms with van der Waals surface area (Å²) in [6.07, 6.45) is 8.46. The molecule has 4 nitrogen and oxygen atoms in total. The van der Waals surface area contributed by atoms with Crippen LogP contribution in [0.3, 0.4) is 0 Å². The lowest BCUT2D eigenvalue weighted by atomic mass is 9.53. The van der Waals surface area contributed by atoms with Gasteiger partial charge in [0.2, 0.25) is 0 Å². The van der Waals surface area contributed by atoms with Crippen LogP contribution in [0.15, 0.2) is 12.1 Å². The van der Waals surface area contributed by atoms with Crippen LogP contribution in [0.4, 0.5) is 0 Å². The molecule has 0 amide bonds. The Labute approximate surface area is 125 Å². The molecule has 1 aromatic rings. The molecule has 1 aromatic heterocycles. The summed E-state index contributed by atoms with van der Waals surface area (Å²) in [7, 11) is 1.41. The number of hydrogen-bond acceptors (Lipinski definition) is 3. The molecule has 0 unspecified atom stereocenters. The molecule has 1 heterocycles. The van der Waals surface area contributed by atoms with Crippen LogP contribution in [0.25, 0.3) is 0 Å². The van der Waals surface area contributed by atoms with Gasteiger partial charge in [0.15, 0.2) is 0 Å². The van der Waals surface area contributed by atoms with E-state index in [0.29, 0.717) is 11.2 Å². The molecular formula is C17H24N2O2. The molecule has 0 saturated heterocycles. The third kappa shape index (κ3) is 2.39. The van der Waals surface area contributed by atoms with Gasteiger partial charge in [-0.25, -0.2) is 4.79 Å². The summed E-state index contributed by atoms with van der Waals surface area (Å²) in [4.78, 5) is 14.6. The van der Waals surface area contributed by atoms with Crippen LogP contribution in [0.5, 0.6) is 0 Å². The third-order valence-corrected chi connectivity index (χ3v) is 5.84. The highest BCUT2D eigenvalue weighted by molar-refractivity contribution is 5.87. The Bertz CT molecular complexity index is 513.